The van der Waals surface area contributed by atoms with Crippen LogP contribution in [0.25, 0.3) is 11.0 Å². The fourth-order valence-electron chi connectivity index (χ4n) is 4.71. The van der Waals surface area contributed by atoms with Crippen LogP contribution in [-0.2, 0) is 13.0 Å². The maximum atomic E-state index is 12.5. The molecule has 0 bridgehead atoms. The lowest BCUT2D eigenvalue weighted by Crippen LogP contribution is -2.24. The molecule has 0 saturated carbocycles. The van der Waals surface area contributed by atoms with Gasteiger partial charge in [0.2, 0.25) is 0 Å². The number of benzene rings is 3. The summed E-state index contributed by atoms with van der Waals surface area (Å²) in [6, 6.07) is 21.9. The lowest BCUT2D eigenvalue weighted by atomic mass is 10.1. The lowest BCUT2D eigenvalue weighted by molar-refractivity contribution is 0.0950. The Bertz CT molecular complexity index is 1350. The molecular weight excluding hydrogens is 474 g/mol. The number of amides is 1. The van der Waals surface area contributed by atoms with Crippen LogP contribution in [0.5, 0.6) is 11.5 Å². The van der Waals surface area contributed by atoms with Crippen molar-refractivity contribution in [3.05, 3.63) is 89.2 Å². The van der Waals surface area contributed by atoms with Gasteiger partial charge in [0.25, 0.3) is 5.91 Å². The zero-order chi connectivity index (χ0) is 26.7. The van der Waals surface area contributed by atoms with E-state index < -0.39 is 0 Å². The first kappa shape index (κ1) is 27.2. The van der Waals surface area contributed by atoms with E-state index in [-0.39, 0.29) is 5.91 Å². The molecule has 200 valence electrons. The molecule has 0 radical (unpaired) electrons. The third-order valence-corrected chi connectivity index (χ3v) is 7.04. The van der Waals surface area contributed by atoms with Crippen molar-refractivity contribution < 1.29 is 14.3 Å². The summed E-state index contributed by atoms with van der Waals surface area (Å²) in [6.07, 6.45) is 5.94. The van der Waals surface area contributed by atoms with Gasteiger partial charge in [-0.1, -0.05) is 42.8 Å². The van der Waals surface area contributed by atoms with E-state index in [1.807, 2.05) is 24.3 Å². The summed E-state index contributed by atoms with van der Waals surface area (Å²) in [7, 11) is 1.58. The Morgan fingerprint density at radius 2 is 1.66 bits per heavy atom. The van der Waals surface area contributed by atoms with Crippen molar-refractivity contribution in [3.63, 3.8) is 0 Å². The number of unbranched alkanes of at least 4 members (excludes halogenated alkanes) is 3. The summed E-state index contributed by atoms with van der Waals surface area (Å²) in [6.45, 7) is 6.52. The summed E-state index contributed by atoms with van der Waals surface area (Å²) < 4.78 is 13.7. The monoisotopic (exact) mass is 513 g/mol. The van der Waals surface area contributed by atoms with E-state index in [9.17, 15) is 4.79 Å². The van der Waals surface area contributed by atoms with Crippen LogP contribution in [0.3, 0.4) is 0 Å². The molecule has 0 aliphatic carbocycles. The molecule has 3 aromatic carbocycles. The van der Waals surface area contributed by atoms with Gasteiger partial charge in [0.1, 0.15) is 17.3 Å². The van der Waals surface area contributed by atoms with E-state index in [0.717, 1.165) is 62.2 Å². The van der Waals surface area contributed by atoms with E-state index in [1.54, 1.807) is 19.2 Å². The second kappa shape index (κ2) is 13.7. The van der Waals surface area contributed by atoms with Gasteiger partial charge in [0, 0.05) is 19.5 Å². The van der Waals surface area contributed by atoms with E-state index in [0.29, 0.717) is 24.5 Å². The Balaban J connectivity index is 1.23. The highest BCUT2D eigenvalue weighted by Gasteiger charge is 2.12. The molecule has 0 fully saturated rings. The predicted molar refractivity (Wildman–Crippen MR) is 153 cm³/mol. The summed E-state index contributed by atoms with van der Waals surface area (Å²) in [5, 5.41) is 3.01. The van der Waals surface area contributed by atoms with E-state index in [2.05, 4.69) is 54.1 Å². The van der Waals surface area contributed by atoms with Gasteiger partial charge in [0.15, 0.2) is 0 Å². The van der Waals surface area contributed by atoms with E-state index in [1.165, 1.54) is 16.6 Å². The molecule has 0 saturated heterocycles. The van der Waals surface area contributed by atoms with Gasteiger partial charge in [-0.15, -0.1) is 0 Å². The van der Waals surface area contributed by atoms with Crippen LogP contribution in [0.2, 0.25) is 0 Å². The van der Waals surface area contributed by atoms with Crippen LogP contribution in [0.1, 0.15) is 59.4 Å². The Morgan fingerprint density at radius 1 is 0.868 bits per heavy atom. The quantitative estimate of drug-likeness (QED) is 0.191. The molecule has 0 atom stereocenters. The van der Waals surface area contributed by atoms with Crippen molar-refractivity contribution in [3.8, 4) is 11.5 Å². The van der Waals surface area contributed by atoms with Crippen LogP contribution >= 0.6 is 0 Å². The highest BCUT2D eigenvalue weighted by Crippen LogP contribution is 2.22. The van der Waals surface area contributed by atoms with Crippen LogP contribution < -0.4 is 14.8 Å². The second-order valence-corrected chi connectivity index (χ2v) is 9.69. The van der Waals surface area contributed by atoms with Crippen molar-refractivity contribution in [1.29, 1.82) is 0 Å². The molecule has 6 heteroatoms. The standard InChI is InChI=1S/C32H39N3O3/c1-24-14-13-19-29(25(24)2)38-23-12-11-22-35-28-17-8-7-16-27(28)34-31(35)20-5-4-10-21-33-32(36)26-15-6-9-18-30(26)37-3/h6-9,13-19H,4-5,10-12,20-23H2,1-3H3,(H,33,36). The summed E-state index contributed by atoms with van der Waals surface area (Å²) in [5.41, 5.74) is 5.30. The van der Waals surface area contributed by atoms with Crippen LogP contribution in [0.4, 0.5) is 0 Å². The number of nitrogens with one attached hydrogen (secondary N) is 1. The number of para-hydroxylation sites is 3. The number of imidazole rings is 1. The Labute approximate surface area is 226 Å². The molecule has 0 aliphatic heterocycles. The topological polar surface area (TPSA) is 65.4 Å². The predicted octanol–water partition coefficient (Wildman–Crippen LogP) is 6.66. The average molecular weight is 514 g/mol. The highest BCUT2D eigenvalue weighted by molar-refractivity contribution is 5.96. The Morgan fingerprint density at radius 3 is 2.53 bits per heavy atom. The van der Waals surface area contributed by atoms with Gasteiger partial charge in [-0.05, 0) is 81.0 Å². The zero-order valence-corrected chi connectivity index (χ0v) is 22.8. The fourth-order valence-corrected chi connectivity index (χ4v) is 4.71. The molecule has 0 spiro atoms. The zero-order valence-electron chi connectivity index (χ0n) is 22.8. The number of ether oxygens (including phenoxy) is 2. The minimum Gasteiger partial charge on any atom is -0.496 e. The van der Waals surface area contributed by atoms with Gasteiger partial charge in [-0.2, -0.15) is 0 Å². The van der Waals surface area contributed by atoms with Gasteiger partial charge in [0.05, 0.1) is 30.3 Å². The summed E-state index contributed by atoms with van der Waals surface area (Å²) in [4.78, 5) is 17.4. The number of carbonyl (C=O) groups excluding carboxylic acids is 1. The smallest absolute Gasteiger partial charge is 0.255 e. The van der Waals surface area contributed by atoms with Crippen LogP contribution in [-0.4, -0.2) is 35.7 Å². The maximum Gasteiger partial charge on any atom is 0.255 e. The lowest BCUT2D eigenvalue weighted by Gasteiger charge is -2.12. The maximum absolute atomic E-state index is 12.5. The average Bonchev–Trinajstić information content (AvgIpc) is 3.29. The minimum absolute atomic E-state index is 0.0919. The number of hydrogen-bond acceptors (Lipinski definition) is 4. The van der Waals surface area contributed by atoms with E-state index in [4.69, 9.17) is 14.5 Å². The number of rotatable bonds is 14. The van der Waals surface area contributed by atoms with Crippen LogP contribution in [0.15, 0.2) is 66.7 Å². The molecule has 1 amide bonds. The van der Waals surface area contributed by atoms with Gasteiger partial charge < -0.3 is 19.4 Å². The van der Waals surface area contributed by atoms with Gasteiger partial charge in [-0.3, -0.25) is 4.79 Å². The number of methoxy groups -OCH3 is 1. The Kier molecular flexibility index (Phi) is 9.79. The van der Waals surface area contributed by atoms with Crippen LogP contribution in [0, 0.1) is 13.8 Å². The number of aryl methyl sites for hydroxylation is 3. The number of aromatic nitrogens is 2. The molecule has 0 aliphatic rings. The minimum atomic E-state index is -0.0919. The van der Waals surface area contributed by atoms with Gasteiger partial charge >= 0.3 is 0 Å². The molecule has 1 heterocycles. The first-order valence-electron chi connectivity index (χ1n) is 13.6. The largest absolute Gasteiger partial charge is 0.496 e. The van der Waals surface area contributed by atoms with Crippen molar-refractivity contribution in [2.45, 2.75) is 58.9 Å². The third-order valence-electron chi connectivity index (χ3n) is 7.04. The van der Waals surface area contributed by atoms with Crippen molar-refractivity contribution in [2.75, 3.05) is 20.3 Å². The Hall–Kier alpha value is -3.80. The highest BCUT2D eigenvalue weighted by atomic mass is 16.5. The fraction of sp³-hybridized carbons (Fsp3) is 0.375. The summed E-state index contributed by atoms with van der Waals surface area (Å²) in [5.74, 6) is 2.63. The van der Waals surface area contributed by atoms with Crippen molar-refractivity contribution in [1.82, 2.24) is 14.9 Å². The van der Waals surface area contributed by atoms with Crippen molar-refractivity contribution in [2.24, 2.45) is 0 Å². The second-order valence-electron chi connectivity index (χ2n) is 9.69. The summed E-state index contributed by atoms with van der Waals surface area (Å²) >= 11 is 0. The van der Waals surface area contributed by atoms with Gasteiger partial charge in [-0.25, -0.2) is 4.98 Å². The number of carbonyl (C=O) groups is 1. The molecule has 1 aromatic heterocycles. The molecule has 1 N–H and O–H groups in total. The number of hydrogen-bond donors (Lipinski definition) is 1. The molecule has 0 unspecified atom stereocenters. The number of nitrogens with zero attached hydrogens (tertiary/aromatic N) is 2. The number of fused-ring (bicyclic) bond motifs is 1. The molecule has 4 rings (SSSR count). The molecule has 38 heavy (non-hydrogen) atoms. The van der Waals surface area contributed by atoms with E-state index >= 15 is 0 Å². The normalized spacial score (nSPS) is 11.0. The van der Waals surface area contributed by atoms with Crippen molar-refractivity contribution >= 4 is 16.9 Å². The molecule has 4 aromatic rings. The molecule has 6 nitrogen and oxygen atoms in total. The third kappa shape index (κ3) is 6.94. The first-order chi connectivity index (χ1) is 18.6. The molecular formula is C32H39N3O3. The first-order valence-corrected chi connectivity index (χ1v) is 13.6. The SMILES string of the molecule is COc1ccccc1C(=O)NCCCCCc1nc2ccccc2n1CCCCOc1cccc(C)c1C.